The van der Waals surface area contributed by atoms with Crippen LogP contribution in [0.25, 0.3) is 6.08 Å². The van der Waals surface area contributed by atoms with Gasteiger partial charge in [-0.15, -0.1) is 0 Å². The molecule has 0 spiro atoms. The van der Waals surface area contributed by atoms with Crippen molar-refractivity contribution in [3.05, 3.63) is 41.6 Å². The lowest BCUT2D eigenvalue weighted by Crippen LogP contribution is -2.35. The largest absolute Gasteiger partial charge is 0.348 e. The van der Waals surface area contributed by atoms with E-state index in [0.29, 0.717) is 11.7 Å². The molecular weight excluding hydrogens is 202 g/mol. The molecule has 0 radical (unpaired) electrons. The van der Waals surface area contributed by atoms with Gasteiger partial charge >= 0.3 is 0 Å². The van der Waals surface area contributed by atoms with E-state index in [1.807, 2.05) is 44.4 Å². The second kappa shape index (κ2) is 4.18. The number of nitrogens with zero attached hydrogens (tertiary/aromatic N) is 2. The predicted octanol–water partition coefficient (Wildman–Crippen LogP) is 1.07. The molecule has 1 aromatic rings. The van der Waals surface area contributed by atoms with E-state index in [1.165, 1.54) is 0 Å². The second-order valence-electron chi connectivity index (χ2n) is 3.72. The van der Waals surface area contributed by atoms with E-state index in [0.717, 1.165) is 5.56 Å². The SMILES string of the molecule is CN(C)C1=N/C(=C/c2ccccc2)C(=O)N1. The fourth-order valence-electron chi connectivity index (χ4n) is 1.38. The van der Waals surface area contributed by atoms with Gasteiger partial charge in [0.15, 0.2) is 0 Å². The number of hydrogen-bond donors (Lipinski definition) is 1. The van der Waals surface area contributed by atoms with E-state index in [-0.39, 0.29) is 5.91 Å². The second-order valence-corrected chi connectivity index (χ2v) is 3.72. The number of nitrogens with one attached hydrogen (secondary N) is 1. The molecule has 0 atom stereocenters. The maximum Gasteiger partial charge on any atom is 0.276 e. The molecule has 2 rings (SSSR count). The molecule has 4 nitrogen and oxygen atoms in total. The van der Waals surface area contributed by atoms with Crippen molar-refractivity contribution in [1.29, 1.82) is 0 Å². The molecule has 1 amide bonds. The zero-order chi connectivity index (χ0) is 11.5. The van der Waals surface area contributed by atoms with Crippen molar-refractivity contribution in [2.24, 2.45) is 4.99 Å². The number of carbonyl (C=O) groups excluding carboxylic acids is 1. The molecule has 1 aromatic carbocycles. The molecule has 0 fully saturated rings. The summed E-state index contributed by atoms with van der Waals surface area (Å²) in [4.78, 5) is 17.5. The summed E-state index contributed by atoms with van der Waals surface area (Å²) in [6.45, 7) is 0. The third-order valence-electron chi connectivity index (χ3n) is 2.21. The first-order valence-corrected chi connectivity index (χ1v) is 5.01. The lowest BCUT2D eigenvalue weighted by molar-refractivity contribution is -0.115. The Bertz CT molecular complexity index is 460. The van der Waals surface area contributed by atoms with Gasteiger partial charge in [-0.05, 0) is 11.6 Å². The van der Waals surface area contributed by atoms with Crippen molar-refractivity contribution in [2.45, 2.75) is 0 Å². The topological polar surface area (TPSA) is 44.7 Å². The summed E-state index contributed by atoms with van der Waals surface area (Å²) < 4.78 is 0. The van der Waals surface area contributed by atoms with E-state index < -0.39 is 0 Å². The number of hydrogen-bond acceptors (Lipinski definition) is 3. The van der Waals surface area contributed by atoms with Gasteiger partial charge in [-0.1, -0.05) is 30.3 Å². The van der Waals surface area contributed by atoms with Crippen LogP contribution in [0.3, 0.4) is 0 Å². The summed E-state index contributed by atoms with van der Waals surface area (Å²) in [7, 11) is 3.68. The summed E-state index contributed by atoms with van der Waals surface area (Å²) in [6.07, 6.45) is 1.77. The molecule has 16 heavy (non-hydrogen) atoms. The quantitative estimate of drug-likeness (QED) is 0.712. The number of guanidine groups is 1. The molecule has 1 aliphatic heterocycles. The Labute approximate surface area is 94.3 Å². The lowest BCUT2D eigenvalue weighted by Gasteiger charge is -2.09. The van der Waals surface area contributed by atoms with Crippen LogP contribution in [0.1, 0.15) is 5.56 Å². The van der Waals surface area contributed by atoms with Gasteiger partial charge in [-0.3, -0.25) is 10.1 Å². The molecule has 1 aliphatic rings. The highest BCUT2D eigenvalue weighted by Crippen LogP contribution is 2.11. The number of amides is 1. The third kappa shape index (κ3) is 2.11. The van der Waals surface area contributed by atoms with Crippen molar-refractivity contribution < 1.29 is 4.79 Å². The molecule has 0 aromatic heterocycles. The first-order valence-electron chi connectivity index (χ1n) is 5.01. The minimum absolute atomic E-state index is 0.160. The highest BCUT2D eigenvalue weighted by atomic mass is 16.2. The van der Waals surface area contributed by atoms with Crippen molar-refractivity contribution in [2.75, 3.05) is 14.1 Å². The van der Waals surface area contributed by atoms with Crippen molar-refractivity contribution in [1.82, 2.24) is 10.2 Å². The van der Waals surface area contributed by atoms with Crippen LogP contribution < -0.4 is 5.32 Å². The molecule has 0 aliphatic carbocycles. The van der Waals surface area contributed by atoms with Gasteiger partial charge in [0.1, 0.15) is 5.70 Å². The highest BCUT2D eigenvalue weighted by molar-refractivity contribution is 6.13. The summed E-state index contributed by atoms with van der Waals surface area (Å²) >= 11 is 0. The molecular formula is C12H13N3O. The van der Waals surface area contributed by atoms with Gasteiger partial charge in [-0.2, -0.15) is 0 Å². The van der Waals surface area contributed by atoms with Crippen LogP contribution in [0.5, 0.6) is 0 Å². The molecule has 0 saturated carbocycles. The van der Waals surface area contributed by atoms with Gasteiger partial charge in [0.25, 0.3) is 5.91 Å². The van der Waals surface area contributed by atoms with Gasteiger partial charge in [0.05, 0.1) is 0 Å². The van der Waals surface area contributed by atoms with Crippen LogP contribution in [0.15, 0.2) is 41.0 Å². The first kappa shape index (κ1) is 10.4. The molecule has 1 N–H and O–H groups in total. The summed E-state index contributed by atoms with van der Waals surface area (Å²) in [5.41, 5.74) is 1.41. The van der Waals surface area contributed by atoms with Gasteiger partial charge in [-0.25, -0.2) is 4.99 Å². The summed E-state index contributed by atoms with van der Waals surface area (Å²) in [5, 5.41) is 2.69. The first-order chi connectivity index (χ1) is 7.66. The number of aliphatic imine (C=N–C) groups is 1. The Balaban J connectivity index is 2.29. The van der Waals surface area contributed by atoms with E-state index in [2.05, 4.69) is 10.3 Å². The van der Waals surface area contributed by atoms with Crippen LogP contribution in [-0.2, 0) is 4.79 Å². The molecule has 4 heteroatoms. The van der Waals surface area contributed by atoms with Crippen LogP contribution in [0, 0.1) is 0 Å². The number of benzene rings is 1. The fraction of sp³-hybridized carbons (Fsp3) is 0.167. The van der Waals surface area contributed by atoms with Crippen LogP contribution >= 0.6 is 0 Å². The van der Waals surface area contributed by atoms with Gasteiger partial charge in [0, 0.05) is 14.1 Å². The van der Waals surface area contributed by atoms with E-state index in [4.69, 9.17) is 0 Å². The van der Waals surface area contributed by atoms with E-state index >= 15 is 0 Å². The van der Waals surface area contributed by atoms with Crippen molar-refractivity contribution >= 4 is 17.9 Å². The normalized spacial score (nSPS) is 17.2. The summed E-state index contributed by atoms with van der Waals surface area (Å²) in [5.74, 6) is 0.416. The fourth-order valence-corrected chi connectivity index (χ4v) is 1.38. The molecule has 82 valence electrons. The Morgan fingerprint density at radius 3 is 2.50 bits per heavy atom. The minimum atomic E-state index is -0.160. The Morgan fingerprint density at radius 1 is 1.25 bits per heavy atom. The lowest BCUT2D eigenvalue weighted by atomic mass is 10.2. The average molecular weight is 215 g/mol. The predicted molar refractivity (Wildman–Crippen MR) is 63.7 cm³/mol. The van der Waals surface area contributed by atoms with Crippen LogP contribution in [0.2, 0.25) is 0 Å². The zero-order valence-corrected chi connectivity index (χ0v) is 9.27. The van der Waals surface area contributed by atoms with E-state index in [1.54, 1.807) is 11.0 Å². The number of rotatable bonds is 1. The van der Waals surface area contributed by atoms with Gasteiger partial charge < -0.3 is 4.90 Å². The zero-order valence-electron chi connectivity index (χ0n) is 9.27. The maximum atomic E-state index is 11.6. The Morgan fingerprint density at radius 2 is 1.94 bits per heavy atom. The van der Waals surface area contributed by atoms with Crippen LogP contribution in [0.4, 0.5) is 0 Å². The molecule has 0 unspecified atom stereocenters. The Kier molecular flexibility index (Phi) is 2.72. The minimum Gasteiger partial charge on any atom is -0.348 e. The van der Waals surface area contributed by atoms with Crippen LogP contribution in [-0.4, -0.2) is 30.9 Å². The van der Waals surface area contributed by atoms with Crippen molar-refractivity contribution in [3.8, 4) is 0 Å². The monoisotopic (exact) mass is 215 g/mol. The van der Waals surface area contributed by atoms with Gasteiger partial charge in [0.2, 0.25) is 5.96 Å². The standard InChI is InChI=1S/C12H13N3O/c1-15(2)12-13-10(11(16)14-12)8-9-6-4-3-5-7-9/h3-8H,1-2H3,(H,13,14,16)/b10-8+. The van der Waals surface area contributed by atoms with Crippen molar-refractivity contribution in [3.63, 3.8) is 0 Å². The van der Waals surface area contributed by atoms with E-state index in [9.17, 15) is 4.79 Å². The maximum absolute atomic E-state index is 11.6. The highest BCUT2D eigenvalue weighted by Gasteiger charge is 2.20. The third-order valence-corrected chi connectivity index (χ3v) is 2.21. The molecule has 0 saturated heterocycles. The average Bonchev–Trinajstić information content (AvgIpc) is 2.62. The molecule has 1 heterocycles. The molecule has 0 bridgehead atoms. The number of carbonyl (C=O) groups is 1. The smallest absolute Gasteiger partial charge is 0.276 e. The summed E-state index contributed by atoms with van der Waals surface area (Å²) in [6, 6.07) is 9.66. The Hall–Kier alpha value is -2.10.